The van der Waals surface area contributed by atoms with Gasteiger partial charge in [-0.1, -0.05) is 30.3 Å². The highest BCUT2D eigenvalue weighted by Gasteiger charge is 2.21. The van der Waals surface area contributed by atoms with Crippen molar-refractivity contribution in [1.82, 2.24) is 29.8 Å². The van der Waals surface area contributed by atoms with Crippen LogP contribution in [0.25, 0.3) is 0 Å². The first-order chi connectivity index (χ1) is 14.4. The van der Waals surface area contributed by atoms with Crippen LogP contribution in [-0.4, -0.2) is 58.8 Å². The smallest absolute Gasteiger partial charge is 0.419 e. The number of aromatic nitrogens is 6. The molecule has 0 aliphatic carbocycles. The maximum atomic E-state index is 12.4. The van der Waals surface area contributed by atoms with Crippen molar-refractivity contribution >= 4 is 30.3 Å². The standard InChI is InChI=1S/C18H19N7O5.ClH/c19-13(8-17(27)28)14(26)10-25-16(21-22-23-25)9-15-20-6-7-24(15)18(29)30-11-12-4-2-1-3-5-12;/h1-7,13H,8-11,19H2,(H,27,28);1H. The molecule has 31 heavy (non-hydrogen) atoms. The largest absolute Gasteiger partial charge is 0.481 e. The molecule has 2 aromatic heterocycles. The van der Waals surface area contributed by atoms with E-state index in [1.54, 1.807) is 0 Å². The summed E-state index contributed by atoms with van der Waals surface area (Å²) >= 11 is 0. The molecule has 13 heteroatoms. The second-order valence-electron chi connectivity index (χ2n) is 6.35. The van der Waals surface area contributed by atoms with Gasteiger partial charge in [-0.2, -0.15) is 0 Å². The van der Waals surface area contributed by atoms with Gasteiger partial charge in [0, 0.05) is 12.4 Å². The molecule has 0 spiro atoms. The fourth-order valence-electron chi connectivity index (χ4n) is 2.60. The number of ketones is 1. The van der Waals surface area contributed by atoms with E-state index in [1.165, 1.54) is 21.6 Å². The lowest BCUT2D eigenvalue weighted by atomic mass is 10.1. The molecule has 3 N–H and O–H groups in total. The summed E-state index contributed by atoms with van der Waals surface area (Å²) in [7, 11) is 0. The zero-order valence-corrected chi connectivity index (χ0v) is 17.0. The number of halogens is 1. The molecular weight excluding hydrogens is 430 g/mol. The number of carbonyl (C=O) groups excluding carboxylic acids is 2. The van der Waals surface area contributed by atoms with Crippen molar-refractivity contribution in [3.8, 4) is 0 Å². The van der Waals surface area contributed by atoms with Gasteiger partial charge in [-0.25, -0.2) is 19.0 Å². The number of carboxylic acids is 1. The van der Waals surface area contributed by atoms with Crippen LogP contribution >= 0.6 is 12.4 Å². The molecule has 0 saturated heterocycles. The summed E-state index contributed by atoms with van der Waals surface area (Å²) < 4.78 is 7.71. The molecule has 1 atom stereocenters. The number of benzene rings is 1. The Kier molecular flexibility index (Phi) is 8.34. The van der Waals surface area contributed by atoms with E-state index in [0.29, 0.717) is 5.82 Å². The summed E-state index contributed by atoms with van der Waals surface area (Å²) in [6, 6.07) is 8.05. The lowest BCUT2D eigenvalue weighted by Crippen LogP contribution is -2.36. The van der Waals surface area contributed by atoms with Gasteiger partial charge in [-0.3, -0.25) is 9.59 Å². The maximum Gasteiger partial charge on any atom is 0.419 e. The quantitative estimate of drug-likeness (QED) is 0.467. The van der Waals surface area contributed by atoms with Gasteiger partial charge in [0.2, 0.25) is 0 Å². The van der Waals surface area contributed by atoms with E-state index in [9.17, 15) is 14.4 Å². The Morgan fingerprint density at radius 3 is 2.61 bits per heavy atom. The number of tetrazole rings is 1. The Balaban J connectivity index is 0.00000341. The van der Waals surface area contributed by atoms with Crippen LogP contribution in [0.4, 0.5) is 4.79 Å². The minimum absolute atomic E-state index is 0. The van der Waals surface area contributed by atoms with Crippen molar-refractivity contribution in [2.24, 2.45) is 5.73 Å². The Labute approximate surface area is 182 Å². The third-order valence-electron chi connectivity index (χ3n) is 4.16. The van der Waals surface area contributed by atoms with Crippen LogP contribution in [0.15, 0.2) is 42.7 Å². The average molecular weight is 450 g/mol. The van der Waals surface area contributed by atoms with Gasteiger partial charge in [0.25, 0.3) is 0 Å². The number of aliphatic carboxylic acids is 1. The molecule has 164 valence electrons. The monoisotopic (exact) mass is 449 g/mol. The van der Waals surface area contributed by atoms with E-state index in [0.717, 1.165) is 5.56 Å². The number of carboxylic acid groups (broad SMARTS) is 1. The normalized spacial score (nSPS) is 11.4. The lowest BCUT2D eigenvalue weighted by molar-refractivity contribution is -0.139. The number of carbonyl (C=O) groups is 3. The van der Waals surface area contributed by atoms with Gasteiger partial charge in [0.1, 0.15) is 19.0 Å². The number of ether oxygens (including phenoxy) is 1. The predicted molar refractivity (Wildman–Crippen MR) is 107 cm³/mol. The van der Waals surface area contributed by atoms with Crippen LogP contribution in [0.1, 0.15) is 23.6 Å². The summed E-state index contributed by atoms with van der Waals surface area (Å²) in [4.78, 5) is 39.3. The molecule has 0 saturated carbocycles. The molecule has 3 aromatic rings. The van der Waals surface area contributed by atoms with Crippen LogP contribution in [0.5, 0.6) is 0 Å². The van der Waals surface area contributed by atoms with E-state index in [1.807, 2.05) is 30.3 Å². The Morgan fingerprint density at radius 1 is 1.16 bits per heavy atom. The van der Waals surface area contributed by atoms with E-state index < -0.39 is 30.3 Å². The Hall–Kier alpha value is -3.64. The number of nitrogens with zero attached hydrogens (tertiary/aromatic N) is 6. The van der Waals surface area contributed by atoms with Gasteiger partial charge < -0.3 is 15.6 Å². The molecule has 0 radical (unpaired) electrons. The van der Waals surface area contributed by atoms with Crippen molar-refractivity contribution in [3.05, 3.63) is 59.9 Å². The number of nitrogens with two attached hydrogens (primary N) is 1. The second kappa shape index (κ2) is 10.9. The highest BCUT2D eigenvalue weighted by Crippen LogP contribution is 2.08. The third kappa shape index (κ3) is 6.42. The first kappa shape index (κ1) is 23.6. The van der Waals surface area contributed by atoms with E-state index in [4.69, 9.17) is 15.6 Å². The number of hydrogen-bond acceptors (Lipinski definition) is 9. The average Bonchev–Trinajstić information content (AvgIpc) is 3.36. The maximum absolute atomic E-state index is 12.4. The van der Waals surface area contributed by atoms with Crippen LogP contribution in [0.2, 0.25) is 0 Å². The number of rotatable bonds is 9. The summed E-state index contributed by atoms with van der Waals surface area (Å²) in [6.45, 7) is -0.194. The van der Waals surface area contributed by atoms with Crippen molar-refractivity contribution in [2.45, 2.75) is 32.0 Å². The number of Topliss-reactive ketones (excluding diaryl/α,β-unsaturated/α-hetero) is 1. The van der Waals surface area contributed by atoms with E-state index in [-0.39, 0.29) is 37.8 Å². The first-order valence-electron chi connectivity index (χ1n) is 8.92. The summed E-state index contributed by atoms with van der Waals surface area (Å²) in [5, 5.41) is 19.8. The molecule has 0 aliphatic heterocycles. The van der Waals surface area contributed by atoms with Crippen molar-refractivity contribution in [2.75, 3.05) is 0 Å². The molecular formula is C18H20ClN7O5. The second-order valence-corrected chi connectivity index (χ2v) is 6.35. The van der Waals surface area contributed by atoms with Crippen molar-refractivity contribution < 1.29 is 24.2 Å². The van der Waals surface area contributed by atoms with Gasteiger partial charge >= 0.3 is 12.1 Å². The fraction of sp³-hybridized carbons (Fsp3) is 0.278. The molecule has 0 fully saturated rings. The van der Waals surface area contributed by atoms with Crippen LogP contribution in [-0.2, 0) is 33.9 Å². The SMILES string of the molecule is Cl.NC(CC(=O)O)C(=O)Cn1nnnc1Cc1nccn1C(=O)OCc1ccccc1. The third-order valence-corrected chi connectivity index (χ3v) is 4.16. The number of hydrogen-bond donors (Lipinski definition) is 2. The highest BCUT2D eigenvalue weighted by atomic mass is 35.5. The van der Waals surface area contributed by atoms with Crippen molar-refractivity contribution in [3.63, 3.8) is 0 Å². The highest BCUT2D eigenvalue weighted by molar-refractivity contribution is 5.87. The number of imidazole rings is 1. The summed E-state index contributed by atoms with van der Waals surface area (Å²) in [5.74, 6) is -1.14. The zero-order chi connectivity index (χ0) is 21.5. The van der Waals surface area contributed by atoms with Crippen LogP contribution in [0.3, 0.4) is 0 Å². The summed E-state index contributed by atoms with van der Waals surface area (Å²) in [6.07, 6.45) is 1.81. The molecule has 2 heterocycles. The fourth-order valence-corrected chi connectivity index (χ4v) is 2.60. The summed E-state index contributed by atoms with van der Waals surface area (Å²) in [5.41, 5.74) is 6.42. The lowest BCUT2D eigenvalue weighted by Gasteiger charge is -2.10. The van der Waals surface area contributed by atoms with Gasteiger partial charge in [0.15, 0.2) is 11.6 Å². The molecule has 3 rings (SSSR count). The van der Waals surface area contributed by atoms with Crippen LogP contribution in [0, 0.1) is 0 Å². The van der Waals surface area contributed by atoms with Crippen molar-refractivity contribution in [1.29, 1.82) is 0 Å². The predicted octanol–water partition coefficient (Wildman–Crippen LogP) is 0.438. The van der Waals surface area contributed by atoms with Gasteiger partial charge in [0.05, 0.1) is 18.9 Å². The van der Waals surface area contributed by atoms with Gasteiger partial charge in [-0.05, 0) is 16.0 Å². The van der Waals surface area contributed by atoms with Gasteiger partial charge in [-0.15, -0.1) is 17.5 Å². The minimum atomic E-state index is -1.18. The molecule has 1 unspecified atom stereocenters. The Morgan fingerprint density at radius 2 is 1.90 bits per heavy atom. The topological polar surface area (TPSA) is 168 Å². The molecule has 0 aliphatic rings. The molecule has 0 bridgehead atoms. The van der Waals surface area contributed by atoms with E-state index >= 15 is 0 Å². The van der Waals surface area contributed by atoms with E-state index in [2.05, 4.69) is 20.5 Å². The molecule has 12 nitrogen and oxygen atoms in total. The molecule has 1 aromatic carbocycles. The Bertz CT molecular complexity index is 1040. The van der Waals surface area contributed by atoms with Crippen LogP contribution < -0.4 is 5.73 Å². The first-order valence-corrected chi connectivity index (χ1v) is 8.92. The molecule has 0 amide bonds. The minimum Gasteiger partial charge on any atom is -0.481 e. The zero-order valence-electron chi connectivity index (χ0n) is 16.2.